The Morgan fingerprint density at radius 2 is 1.77 bits per heavy atom. The van der Waals surface area contributed by atoms with Crippen molar-refractivity contribution in [2.45, 2.75) is 25.3 Å². The zero-order chi connectivity index (χ0) is 20.9. The summed E-state index contributed by atoms with van der Waals surface area (Å²) in [6.45, 7) is 1.20. The summed E-state index contributed by atoms with van der Waals surface area (Å²) in [5.74, 6) is -0.520. The molecule has 1 N–H and O–H groups in total. The van der Waals surface area contributed by atoms with Gasteiger partial charge in [0.25, 0.3) is 5.91 Å². The molecule has 2 amide bonds. The number of amides is 2. The third-order valence-corrected chi connectivity index (χ3v) is 6.13. The number of carbonyl (C=O) groups is 2. The second-order valence-corrected chi connectivity index (χ2v) is 8.18. The van der Waals surface area contributed by atoms with Crippen LogP contribution in [0.2, 0.25) is 0 Å². The van der Waals surface area contributed by atoms with E-state index in [2.05, 4.69) is 10.3 Å². The van der Waals surface area contributed by atoms with Gasteiger partial charge in [0.1, 0.15) is 10.8 Å². The van der Waals surface area contributed by atoms with E-state index in [1.165, 1.54) is 24.3 Å². The summed E-state index contributed by atoms with van der Waals surface area (Å²) in [5, 5.41) is 5.83. The Balaban J connectivity index is 1.27. The first-order valence-corrected chi connectivity index (χ1v) is 10.8. The number of hydrogen-bond acceptors (Lipinski definition) is 4. The third kappa shape index (κ3) is 4.91. The van der Waals surface area contributed by atoms with Gasteiger partial charge < -0.3 is 10.2 Å². The molecule has 1 aromatic heterocycles. The highest BCUT2D eigenvalue weighted by Crippen LogP contribution is 2.24. The smallest absolute Gasteiger partial charge is 0.251 e. The summed E-state index contributed by atoms with van der Waals surface area (Å²) in [7, 11) is 0. The third-order valence-electron chi connectivity index (χ3n) is 5.19. The summed E-state index contributed by atoms with van der Waals surface area (Å²) in [6.07, 6.45) is 1.69. The highest BCUT2D eigenvalue weighted by atomic mass is 32.1. The van der Waals surface area contributed by atoms with Crippen LogP contribution in [0, 0.1) is 5.82 Å². The minimum Gasteiger partial charge on any atom is -0.349 e. The topological polar surface area (TPSA) is 62.3 Å². The molecule has 4 rings (SSSR count). The normalized spacial score (nSPS) is 14.5. The number of hydrogen-bond donors (Lipinski definition) is 1. The summed E-state index contributed by atoms with van der Waals surface area (Å²) < 4.78 is 13.0. The van der Waals surface area contributed by atoms with E-state index < -0.39 is 0 Å². The zero-order valence-electron chi connectivity index (χ0n) is 16.4. The van der Waals surface area contributed by atoms with Gasteiger partial charge in [-0.15, -0.1) is 11.3 Å². The molecule has 0 radical (unpaired) electrons. The van der Waals surface area contributed by atoms with Crippen LogP contribution in [0.3, 0.4) is 0 Å². The van der Waals surface area contributed by atoms with Gasteiger partial charge in [0, 0.05) is 35.6 Å². The van der Waals surface area contributed by atoms with Gasteiger partial charge in [0.15, 0.2) is 0 Å². The van der Waals surface area contributed by atoms with E-state index in [9.17, 15) is 14.0 Å². The lowest BCUT2D eigenvalue weighted by Crippen LogP contribution is -2.47. The fourth-order valence-electron chi connectivity index (χ4n) is 3.51. The molecule has 0 unspecified atom stereocenters. The number of benzene rings is 2. The number of rotatable bonds is 5. The second kappa shape index (κ2) is 9.17. The van der Waals surface area contributed by atoms with E-state index >= 15 is 0 Å². The van der Waals surface area contributed by atoms with E-state index in [1.807, 2.05) is 40.6 Å². The van der Waals surface area contributed by atoms with Crippen LogP contribution in [-0.2, 0) is 11.2 Å². The summed E-state index contributed by atoms with van der Waals surface area (Å²) in [5.41, 5.74) is 2.28. The van der Waals surface area contributed by atoms with Crippen molar-refractivity contribution >= 4 is 23.2 Å². The minimum atomic E-state index is -0.366. The first-order chi connectivity index (χ1) is 14.6. The fraction of sp³-hybridized carbons (Fsp3) is 0.261. The number of halogens is 1. The molecule has 1 saturated heterocycles. The lowest BCUT2D eigenvalue weighted by Gasteiger charge is -2.32. The highest BCUT2D eigenvalue weighted by Gasteiger charge is 2.24. The first kappa shape index (κ1) is 20.2. The number of aromatic nitrogens is 1. The average molecular weight is 424 g/mol. The number of likely N-dealkylation sites (tertiary alicyclic amines) is 1. The molecule has 5 nitrogen and oxygen atoms in total. The van der Waals surface area contributed by atoms with E-state index in [4.69, 9.17) is 0 Å². The molecule has 1 aliphatic heterocycles. The van der Waals surface area contributed by atoms with Crippen molar-refractivity contribution in [3.05, 3.63) is 77.1 Å². The van der Waals surface area contributed by atoms with Crippen LogP contribution >= 0.6 is 11.3 Å². The molecule has 0 atom stereocenters. The highest BCUT2D eigenvalue weighted by molar-refractivity contribution is 7.13. The van der Waals surface area contributed by atoms with Gasteiger partial charge in [-0.3, -0.25) is 9.59 Å². The maximum Gasteiger partial charge on any atom is 0.251 e. The van der Waals surface area contributed by atoms with Crippen molar-refractivity contribution < 1.29 is 14.0 Å². The van der Waals surface area contributed by atoms with Crippen molar-refractivity contribution in [1.29, 1.82) is 0 Å². The average Bonchev–Trinajstić information content (AvgIpc) is 3.24. The molecule has 2 aromatic carbocycles. The zero-order valence-corrected chi connectivity index (χ0v) is 17.2. The number of thiazole rings is 1. The molecule has 30 heavy (non-hydrogen) atoms. The standard InChI is InChI=1S/C23H22FN3O2S/c24-18-8-6-16(7-9-18)22(29)25-19-10-12-27(13-11-19)21(28)14-20-15-30-23(26-20)17-4-2-1-3-5-17/h1-9,15,19H,10-14H2,(H,25,29). The van der Waals surface area contributed by atoms with Crippen LogP contribution in [0.1, 0.15) is 28.9 Å². The maximum atomic E-state index is 13.0. The molecule has 1 aliphatic rings. The molecule has 0 bridgehead atoms. The van der Waals surface area contributed by atoms with E-state index in [0.29, 0.717) is 31.5 Å². The quantitative estimate of drug-likeness (QED) is 0.677. The van der Waals surface area contributed by atoms with E-state index in [-0.39, 0.29) is 30.1 Å². The second-order valence-electron chi connectivity index (χ2n) is 7.32. The van der Waals surface area contributed by atoms with Crippen LogP contribution in [0.15, 0.2) is 60.0 Å². The maximum absolute atomic E-state index is 13.0. The Morgan fingerprint density at radius 3 is 2.47 bits per heavy atom. The molecule has 0 aliphatic carbocycles. The van der Waals surface area contributed by atoms with Gasteiger partial charge in [-0.1, -0.05) is 30.3 Å². The van der Waals surface area contributed by atoms with E-state index in [0.717, 1.165) is 16.3 Å². The molecule has 3 aromatic rings. The molecule has 7 heteroatoms. The Bertz CT molecular complexity index is 1010. The van der Waals surface area contributed by atoms with Gasteiger partial charge in [0.2, 0.25) is 5.91 Å². The molecule has 2 heterocycles. The van der Waals surface area contributed by atoms with Crippen molar-refractivity contribution in [3.63, 3.8) is 0 Å². The van der Waals surface area contributed by atoms with Crippen LogP contribution in [0.5, 0.6) is 0 Å². The first-order valence-electron chi connectivity index (χ1n) is 9.92. The monoisotopic (exact) mass is 423 g/mol. The lowest BCUT2D eigenvalue weighted by molar-refractivity contribution is -0.131. The molecule has 0 spiro atoms. The predicted octanol–water partition coefficient (Wildman–Crippen LogP) is 3.91. The van der Waals surface area contributed by atoms with Crippen LogP contribution < -0.4 is 5.32 Å². The van der Waals surface area contributed by atoms with Crippen LogP contribution in [-0.4, -0.2) is 40.8 Å². The summed E-state index contributed by atoms with van der Waals surface area (Å²) in [4.78, 5) is 31.4. The number of carbonyl (C=O) groups excluding carboxylic acids is 2. The van der Waals surface area contributed by atoms with Crippen LogP contribution in [0.4, 0.5) is 4.39 Å². The molecular weight excluding hydrogens is 401 g/mol. The van der Waals surface area contributed by atoms with Gasteiger partial charge in [-0.05, 0) is 37.1 Å². The molecule has 0 saturated carbocycles. The predicted molar refractivity (Wildman–Crippen MR) is 115 cm³/mol. The minimum absolute atomic E-state index is 0.00978. The Kier molecular flexibility index (Phi) is 6.18. The summed E-state index contributed by atoms with van der Waals surface area (Å²) in [6, 6.07) is 15.4. The molecule has 1 fully saturated rings. The van der Waals surface area contributed by atoms with Gasteiger partial charge in [0.05, 0.1) is 12.1 Å². The summed E-state index contributed by atoms with van der Waals surface area (Å²) >= 11 is 1.54. The van der Waals surface area contributed by atoms with Crippen molar-refractivity contribution in [2.24, 2.45) is 0 Å². The van der Waals surface area contributed by atoms with Crippen molar-refractivity contribution in [3.8, 4) is 10.6 Å². The van der Waals surface area contributed by atoms with Crippen molar-refractivity contribution in [1.82, 2.24) is 15.2 Å². The van der Waals surface area contributed by atoms with E-state index in [1.54, 1.807) is 11.3 Å². The van der Waals surface area contributed by atoms with Gasteiger partial charge in [-0.2, -0.15) is 0 Å². The Morgan fingerprint density at radius 1 is 1.07 bits per heavy atom. The Hall–Kier alpha value is -3.06. The van der Waals surface area contributed by atoms with Gasteiger partial charge >= 0.3 is 0 Å². The number of piperidine rings is 1. The number of nitrogens with one attached hydrogen (secondary N) is 1. The molecule has 154 valence electrons. The molecular formula is C23H22FN3O2S. The Labute approximate surface area is 178 Å². The van der Waals surface area contributed by atoms with Crippen molar-refractivity contribution in [2.75, 3.05) is 13.1 Å². The fourth-order valence-corrected chi connectivity index (χ4v) is 4.34. The van der Waals surface area contributed by atoms with Gasteiger partial charge in [-0.25, -0.2) is 9.37 Å². The van der Waals surface area contributed by atoms with Crippen LogP contribution in [0.25, 0.3) is 10.6 Å². The largest absolute Gasteiger partial charge is 0.349 e. The SMILES string of the molecule is O=C(NC1CCN(C(=O)Cc2csc(-c3ccccc3)n2)CC1)c1ccc(F)cc1. The number of nitrogens with zero attached hydrogens (tertiary/aromatic N) is 2. The lowest BCUT2D eigenvalue weighted by atomic mass is 10.0.